The Morgan fingerprint density at radius 2 is 1.79 bits per heavy atom. The molecule has 1 fully saturated rings. The summed E-state index contributed by atoms with van der Waals surface area (Å²) in [7, 11) is -8.17. The molecule has 178 valence electrons. The molecule has 12 heteroatoms. The number of carbonyl (C=O) groups is 2. The summed E-state index contributed by atoms with van der Waals surface area (Å²) in [5.41, 5.74) is 0.323. The van der Waals surface area contributed by atoms with Gasteiger partial charge < -0.3 is 9.47 Å². The quantitative estimate of drug-likeness (QED) is 0.550. The summed E-state index contributed by atoms with van der Waals surface area (Å²) in [6.07, 6.45) is 0. The Labute approximate surface area is 192 Å². The fraction of sp³-hybridized carbons (Fsp3) is 0.333. The molecule has 2 aromatic rings. The van der Waals surface area contributed by atoms with Crippen molar-refractivity contribution in [3.8, 4) is 5.75 Å². The smallest absolute Gasteiger partial charge is 0.338 e. The SMILES string of the molecule is CCOC(=O)c1ccc(NS(=O)(=O)c2cc(N3C(=O)C(C)CS3(=O)=O)ccc2OCC)cc1. The van der Waals surface area contributed by atoms with Crippen LogP contribution in [0.4, 0.5) is 11.4 Å². The monoisotopic (exact) mass is 496 g/mol. The van der Waals surface area contributed by atoms with Gasteiger partial charge >= 0.3 is 5.97 Å². The molecule has 1 amide bonds. The minimum absolute atomic E-state index is 0.00557. The summed E-state index contributed by atoms with van der Waals surface area (Å²) in [4.78, 5) is 23.9. The van der Waals surface area contributed by atoms with Crippen LogP contribution in [-0.2, 0) is 29.6 Å². The van der Waals surface area contributed by atoms with Crippen molar-refractivity contribution in [1.29, 1.82) is 0 Å². The zero-order chi connectivity index (χ0) is 24.4. The number of ether oxygens (including phenoxy) is 2. The lowest BCUT2D eigenvalue weighted by molar-refractivity contribution is -0.119. The van der Waals surface area contributed by atoms with Gasteiger partial charge in [-0.25, -0.2) is 25.9 Å². The molecule has 1 aliphatic rings. The van der Waals surface area contributed by atoms with Crippen LogP contribution in [0.5, 0.6) is 5.75 Å². The average Bonchev–Trinajstić information content (AvgIpc) is 2.95. The first-order valence-corrected chi connectivity index (χ1v) is 13.2. The van der Waals surface area contributed by atoms with E-state index in [1.54, 1.807) is 13.8 Å². The number of carbonyl (C=O) groups excluding carboxylic acids is 2. The fourth-order valence-electron chi connectivity index (χ4n) is 3.29. The van der Waals surface area contributed by atoms with Gasteiger partial charge in [0.1, 0.15) is 10.6 Å². The van der Waals surface area contributed by atoms with Crippen molar-refractivity contribution >= 4 is 43.3 Å². The van der Waals surface area contributed by atoms with E-state index in [-0.39, 0.29) is 46.5 Å². The molecule has 0 saturated carbocycles. The van der Waals surface area contributed by atoms with E-state index >= 15 is 0 Å². The first-order chi connectivity index (χ1) is 15.5. The third kappa shape index (κ3) is 5.11. The highest BCUT2D eigenvalue weighted by atomic mass is 32.2. The first-order valence-electron chi connectivity index (χ1n) is 10.1. The molecule has 1 atom stereocenters. The van der Waals surface area contributed by atoms with Crippen LogP contribution in [0.15, 0.2) is 47.4 Å². The highest BCUT2D eigenvalue weighted by Crippen LogP contribution is 2.34. The number of anilines is 2. The molecule has 0 spiro atoms. The minimum atomic E-state index is -4.25. The summed E-state index contributed by atoms with van der Waals surface area (Å²) in [5, 5.41) is 0. The van der Waals surface area contributed by atoms with E-state index in [1.165, 1.54) is 43.3 Å². The van der Waals surface area contributed by atoms with Gasteiger partial charge in [-0.3, -0.25) is 9.52 Å². The van der Waals surface area contributed by atoms with Crippen molar-refractivity contribution in [2.24, 2.45) is 5.92 Å². The first kappa shape index (κ1) is 24.5. The predicted molar refractivity (Wildman–Crippen MR) is 121 cm³/mol. The maximum atomic E-state index is 13.2. The van der Waals surface area contributed by atoms with Gasteiger partial charge in [0.2, 0.25) is 15.9 Å². The van der Waals surface area contributed by atoms with Crippen LogP contribution in [0, 0.1) is 5.92 Å². The summed E-state index contributed by atoms with van der Waals surface area (Å²) in [6, 6.07) is 9.33. The van der Waals surface area contributed by atoms with Gasteiger partial charge in [-0.15, -0.1) is 0 Å². The van der Waals surface area contributed by atoms with Crippen LogP contribution in [0.1, 0.15) is 31.1 Å². The third-order valence-corrected chi connectivity index (χ3v) is 8.03. The van der Waals surface area contributed by atoms with Crippen molar-refractivity contribution in [3.05, 3.63) is 48.0 Å². The topological polar surface area (TPSA) is 136 Å². The largest absolute Gasteiger partial charge is 0.492 e. The average molecular weight is 497 g/mol. The van der Waals surface area contributed by atoms with Crippen molar-refractivity contribution in [2.45, 2.75) is 25.7 Å². The fourth-order valence-corrected chi connectivity index (χ4v) is 6.33. The summed E-state index contributed by atoms with van der Waals surface area (Å²) in [5.74, 6) is -2.27. The Kier molecular flexibility index (Phi) is 6.98. The number of hydrogen-bond acceptors (Lipinski definition) is 8. The Balaban J connectivity index is 1.98. The summed E-state index contributed by atoms with van der Waals surface area (Å²) < 4.78 is 64.5. The van der Waals surface area contributed by atoms with Crippen LogP contribution in [-0.4, -0.2) is 47.7 Å². The van der Waals surface area contributed by atoms with Crippen LogP contribution in [0.2, 0.25) is 0 Å². The van der Waals surface area contributed by atoms with Gasteiger partial charge in [-0.1, -0.05) is 6.92 Å². The number of amides is 1. The number of sulfonamides is 2. The van der Waals surface area contributed by atoms with E-state index < -0.39 is 37.8 Å². The lowest BCUT2D eigenvalue weighted by Crippen LogP contribution is -2.30. The maximum Gasteiger partial charge on any atom is 0.338 e. The molecule has 10 nitrogen and oxygen atoms in total. The molecule has 0 aliphatic carbocycles. The standard InChI is InChI=1S/C21H24N2O8S2/c1-4-30-18-11-10-17(23-20(24)14(3)13-32(23,26)27)12-19(18)33(28,29)22-16-8-6-15(7-9-16)21(25)31-5-2/h6-12,14,22H,4-5,13H2,1-3H3. The molecule has 2 aromatic carbocycles. The number of hydrogen-bond donors (Lipinski definition) is 1. The molecule has 3 rings (SSSR count). The Morgan fingerprint density at radius 1 is 1.12 bits per heavy atom. The molecule has 1 heterocycles. The van der Waals surface area contributed by atoms with Crippen LogP contribution in [0.25, 0.3) is 0 Å². The Bertz CT molecular complexity index is 1270. The van der Waals surface area contributed by atoms with E-state index in [0.717, 1.165) is 6.07 Å². The lowest BCUT2D eigenvalue weighted by atomic mass is 10.2. The van der Waals surface area contributed by atoms with Crippen LogP contribution < -0.4 is 13.8 Å². The second-order valence-corrected chi connectivity index (χ2v) is 10.8. The third-order valence-electron chi connectivity index (χ3n) is 4.76. The van der Waals surface area contributed by atoms with Gasteiger partial charge in [0.25, 0.3) is 10.0 Å². The highest BCUT2D eigenvalue weighted by molar-refractivity contribution is 7.94. The number of benzene rings is 2. The maximum absolute atomic E-state index is 13.2. The molecule has 1 saturated heterocycles. The van der Waals surface area contributed by atoms with Gasteiger partial charge in [-0.05, 0) is 56.3 Å². The van der Waals surface area contributed by atoms with E-state index in [0.29, 0.717) is 4.31 Å². The zero-order valence-corrected chi connectivity index (χ0v) is 19.9. The van der Waals surface area contributed by atoms with Crippen molar-refractivity contribution in [1.82, 2.24) is 0 Å². The van der Waals surface area contributed by atoms with Crippen LogP contribution >= 0.6 is 0 Å². The number of nitrogens with zero attached hydrogens (tertiary/aromatic N) is 1. The molecule has 0 aromatic heterocycles. The Hall–Kier alpha value is -3.12. The minimum Gasteiger partial charge on any atom is -0.492 e. The summed E-state index contributed by atoms with van der Waals surface area (Å²) in [6.45, 7) is 5.20. The number of esters is 1. The molecular formula is C21H24N2O8S2. The highest BCUT2D eigenvalue weighted by Gasteiger charge is 2.42. The molecule has 33 heavy (non-hydrogen) atoms. The van der Waals surface area contributed by atoms with Gasteiger partial charge in [0.15, 0.2) is 0 Å². The molecular weight excluding hydrogens is 472 g/mol. The second-order valence-electron chi connectivity index (χ2n) is 7.25. The van der Waals surface area contributed by atoms with Gasteiger partial charge in [-0.2, -0.15) is 0 Å². The van der Waals surface area contributed by atoms with Gasteiger partial charge in [0, 0.05) is 5.69 Å². The second kappa shape index (κ2) is 9.40. The normalized spacial score (nSPS) is 17.6. The van der Waals surface area contributed by atoms with Crippen molar-refractivity contribution < 1.29 is 35.9 Å². The van der Waals surface area contributed by atoms with E-state index in [9.17, 15) is 26.4 Å². The molecule has 0 bridgehead atoms. The molecule has 1 N–H and O–H groups in total. The number of nitrogens with one attached hydrogen (secondary N) is 1. The zero-order valence-electron chi connectivity index (χ0n) is 18.3. The lowest BCUT2D eigenvalue weighted by Gasteiger charge is -2.19. The molecule has 1 aliphatic heterocycles. The van der Waals surface area contributed by atoms with Crippen molar-refractivity contribution in [3.63, 3.8) is 0 Å². The Morgan fingerprint density at radius 3 is 2.33 bits per heavy atom. The van der Waals surface area contributed by atoms with Crippen LogP contribution in [0.3, 0.4) is 0 Å². The molecule has 0 radical (unpaired) electrons. The van der Waals surface area contributed by atoms with E-state index in [1.807, 2.05) is 0 Å². The van der Waals surface area contributed by atoms with E-state index in [2.05, 4.69) is 4.72 Å². The molecule has 1 unspecified atom stereocenters. The van der Waals surface area contributed by atoms with Gasteiger partial charge in [0.05, 0.1) is 36.1 Å². The van der Waals surface area contributed by atoms with Crippen molar-refractivity contribution in [2.75, 3.05) is 28.0 Å². The number of rotatable bonds is 8. The summed E-state index contributed by atoms with van der Waals surface area (Å²) >= 11 is 0. The predicted octanol–water partition coefficient (Wildman–Crippen LogP) is 2.38. The van der Waals surface area contributed by atoms with E-state index in [4.69, 9.17) is 9.47 Å².